The lowest BCUT2D eigenvalue weighted by molar-refractivity contribution is 0.482. The predicted molar refractivity (Wildman–Crippen MR) is 147 cm³/mol. The lowest BCUT2D eigenvalue weighted by Crippen LogP contribution is -1.93. The predicted octanol–water partition coefficient (Wildman–Crippen LogP) is 7.62. The van der Waals surface area contributed by atoms with Crippen molar-refractivity contribution in [3.05, 3.63) is 144 Å². The summed E-state index contributed by atoms with van der Waals surface area (Å²) in [6, 6.07) is 40.0. The zero-order valence-electron chi connectivity index (χ0n) is 19.9. The lowest BCUT2D eigenvalue weighted by Gasteiger charge is -2.10. The molecule has 0 heterocycles. The molecule has 5 aromatic carbocycles. The lowest BCUT2D eigenvalue weighted by atomic mass is 10.00. The van der Waals surface area contributed by atoms with Crippen molar-refractivity contribution in [2.24, 2.45) is 0 Å². The van der Waals surface area contributed by atoms with Gasteiger partial charge in [0.2, 0.25) is 0 Å². The molecule has 0 aliphatic carbocycles. The van der Waals surface area contributed by atoms with Crippen LogP contribution in [0, 0.1) is 0 Å². The van der Waals surface area contributed by atoms with Crippen LogP contribution in [0.5, 0.6) is 23.0 Å². The minimum Gasteiger partial charge on any atom is -0.457 e. The number of hydrogen-bond acceptors (Lipinski definition) is 4. The summed E-state index contributed by atoms with van der Waals surface area (Å²) in [5.74, 6) is 3.07. The van der Waals surface area contributed by atoms with Crippen molar-refractivity contribution in [1.29, 1.82) is 0 Å². The molecule has 4 nitrogen and oxygen atoms in total. The molecule has 4 heteroatoms. The summed E-state index contributed by atoms with van der Waals surface area (Å²) in [6.07, 6.45) is 1.66. The van der Waals surface area contributed by atoms with Gasteiger partial charge in [-0.2, -0.15) is 0 Å². The second-order valence-corrected chi connectivity index (χ2v) is 8.81. The Balaban J connectivity index is 1.22. The van der Waals surface area contributed by atoms with Crippen LogP contribution in [0.15, 0.2) is 121 Å². The summed E-state index contributed by atoms with van der Waals surface area (Å²) in [5, 5.41) is 0. The first kappa shape index (κ1) is 23.1. The Kier molecular flexibility index (Phi) is 6.86. The highest BCUT2D eigenvalue weighted by Gasteiger charge is 2.04. The quantitative estimate of drug-likeness (QED) is 0.228. The third-order valence-corrected chi connectivity index (χ3v) is 5.82. The summed E-state index contributed by atoms with van der Waals surface area (Å²) in [4.78, 5) is 0. The van der Waals surface area contributed by atoms with Crippen molar-refractivity contribution in [2.75, 3.05) is 11.5 Å². The van der Waals surface area contributed by atoms with Crippen LogP contribution in [0.1, 0.15) is 22.3 Å². The highest BCUT2D eigenvalue weighted by molar-refractivity contribution is 5.47. The number of hydrogen-bond donors (Lipinski definition) is 2. The van der Waals surface area contributed by atoms with Crippen LogP contribution < -0.4 is 20.9 Å². The van der Waals surface area contributed by atoms with Gasteiger partial charge in [-0.3, -0.25) is 0 Å². The van der Waals surface area contributed by atoms with Crippen LogP contribution in [0.3, 0.4) is 0 Å². The van der Waals surface area contributed by atoms with E-state index >= 15 is 0 Å². The highest BCUT2D eigenvalue weighted by atomic mass is 16.5. The van der Waals surface area contributed by atoms with Gasteiger partial charge in [-0.05, 0) is 83.6 Å². The number of benzene rings is 5. The molecule has 0 amide bonds. The second kappa shape index (κ2) is 10.7. The van der Waals surface area contributed by atoms with Gasteiger partial charge in [0.25, 0.3) is 0 Å². The zero-order chi connectivity index (χ0) is 24.7. The van der Waals surface area contributed by atoms with Crippen LogP contribution in [0.25, 0.3) is 0 Å². The Bertz CT molecular complexity index is 1350. The van der Waals surface area contributed by atoms with Gasteiger partial charge in [-0.25, -0.2) is 0 Å². The van der Waals surface area contributed by atoms with Crippen LogP contribution in [0.4, 0.5) is 11.4 Å². The normalized spacial score (nSPS) is 10.7. The van der Waals surface area contributed by atoms with Crippen LogP contribution in [-0.4, -0.2) is 0 Å². The van der Waals surface area contributed by atoms with Crippen molar-refractivity contribution < 1.29 is 9.47 Å². The van der Waals surface area contributed by atoms with Crippen molar-refractivity contribution >= 4 is 11.4 Å². The van der Waals surface area contributed by atoms with Crippen molar-refractivity contribution in [2.45, 2.75) is 12.8 Å². The molecule has 0 fully saturated rings. The highest BCUT2D eigenvalue weighted by Crippen LogP contribution is 2.26. The largest absolute Gasteiger partial charge is 0.457 e. The number of rotatable bonds is 8. The molecule has 5 rings (SSSR count). The first-order valence-electron chi connectivity index (χ1n) is 11.9. The second-order valence-electron chi connectivity index (χ2n) is 8.81. The fraction of sp³-hybridized carbons (Fsp3) is 0.0625. The summed E-state index contributed by atoms with van der Waals surface area (Å²) in [6.45, 7) is 0. The smallest absolute Gasteiger partial charge is 0.129 e. The van der Waals surface area contributed by atoms with Crippen LogP contribution in [0.2, 0.25) is 0 Å². The first-order chi connectivity index (χ1) is 17.6. The maximum Gasteiger partial charge on any atom is 0.129 e. The van der Waals surface area contributed by atoms with Gasteiger partial charge in [-0.15, -0.1) is 0 Å². The van der Waals surface area contributed by atoms with E-state index in [9.17, 15) is 0 Å². The Hall–Kier alpha value is -4.70. The Morgan fingerprint density at radius 1 is 0.389 bits per heavy atom. The van der Waals surface area contributed by atoms with Gasteiger partial charge in [-0.1, -0.05) is 60.7 Å². The monoisotopic (exact) mass is 472 g/mol. The Labute approximate surface area is 211 Å². The molecule has 0 bridgehead atoms. The molecule has 0 radical (unpaired) electrons. The van der Waals surface area contributed by atoms with Gasteiger partial charge in [0.15, 0.2) is 0 Å². The molecule has 0 saturated heterocycles. The van der Waals surface area contributed by atoms with E-state index in [2.05, 4.69) is 48.5 Å². The molecule has 0 aliphatic rings. The van der Waals surface area contributed by atoms with Gasteiger partial charge in [0.05, 0.1) is 0 Å². The van der Waals surface area contributed by atoms with Crippen molar-refractivity contribution in [1.82, 2.24) is 0 Å². The van der Waals surface area contributed by atoms with Crippen LogP contribution in [-0.2, 0) is 12.8 Å². The van der Waals surface area contributed by atoms with E-state index in [4.69, 9.17) is 20.9 Å². The molecule has 36 heavy (non-hydrogen) atoms. The minimum atomic E-state index is 0.685. The maximum absolute atomic E-state index is 5.98. The van der Waals surface area contributed by atoms with E-state index in [1.807, 2.05) is 72.8 Å². The Morgan fingerprint density at radius 2 is 0.750 bits per heavy atom. The number of anilines is 2. The number of nitrogen functional groups attached to an aromatic ring is 2. The van der Waals surface area contributed by atoms with Gasteiger partial charge >= 0.3 is 0 Å². The molecule has 0 atom stereocenters. The van der Waals surface area contributed by atoms with Crippen LogP contribution >= 0.6 is 0 Å². The summed E-state index contributed by atoms with van der Waals surface area (Å²) >= 11 is 0. The van der Waals surface area contributed by atoms with E-state index in [0.717, 1.165) is 35.8 Å². The van der Waals surface area contributed by atoms with Gasteiger partial charge in [0, 0.05) is 23.5 Å². The van der Waals surface area contributed by atoms with E-state index in [-0.39, 0.29) is 0 Å². The zero-order valence-corrected chi connectivity index (χ0v) is 19.9. The number of ether oxygens (including phenoxy) is 2. The summed E-state index contributed by atoms with van der Waals surface area (Å²) in [7, 11) is 0. The molecular formula is C32H28N2O2. The molecule has 0 aliphatic heterocycles. The van der Waals surface area contributed by atoms with E-state index in [0.29, 0.717) is 11.4 Å². The summed E-state index contributed by atoms with van der Waals surface area (Å²) in [5.41, 5.74) is 18.0. The maximum atomic E-state index is 5.98. The molecule has 0 aromatic heterocycles. The molecule has 0 unspecified atom stereocenters. The molecule has 5 aromatic rings. The molecule has 0 saturated carbocycles. The fourth-order valence-electron chi connectivity index (χ4n) is 4.11. The van der Waals surface area contributed by atoms with E-state index in [1.54, 1.807) is 0 Å². The first-order valence-corrected chi connectivity index (χ1v) is 11.9. The SMILES string of the molecule is Nc1cccc(Oc2cccc(Cc3ccc(Cc4cccc(Oc5cccc(N)c5)c4)cc3)c2)c1. The average Bonchev–Trinajstić information content (AvgIpc) is 2.86. The molecular weight excluding hydrogens is 444 g/mol. The molecule has 0 spiro atoms. The standard InChI is InChI=1S/C32H28N2O2/c33-27-7-3-11-31(21-27)35-29-9-1-5-25(19-29)17-23-13-15-24(16-14-23)18-26-6-2-10-30(20-26)36-32-12-4-8-28(34)22-32/h1-16,19-22H,17-18,33-34H2. The van der Waals surface area contributed by atoms with Gasteiger partial charge < -0.3 is 20.9 Å². The number of nitrogens with two attached hydrogens (primary N) is 2. The van der Waals surface area contributed by atoms with E-state index in [1.165, 1.54) is 22.3 Å². The van der Waals surface area contributed by atoms with E-state index < -0.39 is 0 Å². The third-order valence-electron chi connectivity index (χ3n) is 5.82. The van der Waals surface area contributed by atoms with Crippen molar-refractivity contribution in [3.63, 3.8) is 0 Å². The molecule has 4 N–H and O–H groups in total. The van der Waals surface area contributed by atoms with Gasteiger partial charge in [0.1, 0.15) is 23.0 Å². The Morgan fingerprint density at radius 3 is 1.14 bits per heavy atom. The topological polar surface area (TPSA) is 70.5 Å². The minimum absolute atomic E-state index is 0.685. The third kappa shape index (κ3) is 6.24. The average molecular weight is 473 g/mol. The summed E-state index contributed by atoms with van der Waals surface area (Å²) < 4.78 is 12.0. The molecule has 178 valence electrons. The fourth-order valence-corrected chi connectivity index (χ4v) is 4.11. The van der Waals surface area contributed by atoms with Crippen molar-refractivity contribution in [3.8, 4) is 23.0 Å².